The zero-order valence-electron chi connectivity index (χ0n) is 11.6. The first-order valence-electron chi connectivity index (χ1n) is 6.42. The fourth-order valence-electron chi connectivity index (χ4n) is 1.79. The zero-order chi connectivity index (χ0) is 14.5. The van der Waals surface area contributed by atoms with E-state index >= 15 is 0 Å². The third kappa shape index (κ3) is 3.64. The minimum absolute atomic E-state index is 0.0594. The van der Waals surface area contributed by atoms with Crippen LogP contribution in [0.4, 0.5) is 0 Å². The lowest BCUT2D eigenvalue weighted by Gasteiger charge is -2.17. The average molecular weight is 274 g/mol. The van der Waals surface area contributed by atoms with Gasteiger partial charge in [-0.05, 0) is 12.5 Å². The van der Waals surface area contributed by atoms with E-state index in [-0.39, 0.29) is 12.5 Å². The number of likely N-dealkylation sites (N-methyl/N-ethyl adjacent to an activating group) is 1. The number of aromatic nitrogens is 3. The van der Waals surface area contributed by atoms with Crippen molar-refractivity contribution in [3.05, 3.63) is 47.8 Å². The van der Waals surface area contributed by atoms with E-state index < -0.39 is 6.10 Å². The highest BCUT2D eigenvalue weighted by molar-refractivity contribution is 5.75. The summed E-state index contributed by atoms with van der Waals surface area (Å²) < 4.78 is 1.44. The summed E-state index contributed by atoms with van der Waals surface area (Å²) in [7, 11) is 1.75. The molecule has 2 rings (SSSR count). The first-order valence-corrected chi connectivity index (χ1v) is 6.42. The van der Waals surface area contributed by atoms with E-state index in [1.54, 1.807) is 25.1 Å². The number of aliphatic hydroxyl groups is 1. The number of hydrogen-bond acceptors (Lipinski definition) is 4. The molecular formula is C14H18N4O2. The second-order valence-electron chi connectivity index (χ2n) is 4.75. The van der Waals surface area contributed by atoms with Crippen LogP contribution in [0.5, 0.6) is 0 Å². The van der Waals surface area contributed by atoms with E-state index in [1.165, 1.54) is 4.68 Å². The minimum atomic E-state index is -0.680. The fraction of sp³-hybridized carbons (Fsp3) is 0.357. The molecule has 0 saturated heterocycles. The van der Waals surface area contributed by atoms with Gasteiger partial charge in [0, 0.05) is 13.6 Å². The highest BCUT2D eigenvalue weighted by atomic mass is 16.3. The molecule has 0 aliphatic heterocycles. The van der Waals surface area contributed by atoms with Crippen LogP contribution < -0.4 is 0 Å². The third-order valence-corrected chi connectivity index (χ3v) is 2.97. The highest BCUT2D eigenvalue weighted by Gasteiger charge is 2.12. The summed E-state index contributed by atoms with van der Waals surface area (Å²) in [6.07, 6.45) is 0.903. The normalized spacial score (nSPS) is 12.2. The second-order valence-corrected chi connectivity index (χ2v) is 4.75. The van der Waals surface area contributed by atoms with Gasteiger partial charge in [0.25, 0.3) is 0 Å². The smallest absolute Gasteiger partial charge is 0.244 e. The second kappa shape index (κ2) is 6.29. The van der Waals surface area contributed by atoms with E-state index in [0.717, 1.165) is 5.56 Å². The summed E-state index contributed by atoms with van der Waals surface area (Å²) in [6.45, 7) is 2.28. The molecule has 106 valence electrons. The van der Waals surface area contributed by atoms with E-state index in [1.807, 2.05) is 30.3 Å². The standard InChI is InChI=1S/C14H18N4O2/c1-11(19)13-9-18(16-15-13)10-14(20)17(2)8-12-6-4-3-5-7-12/h3-7,9,11,19H,8,10H2,1-2H3. The quantitative estimate of drug-likeness (QED) is 0.882. The van der Waals surface area contributed by atoms with Gasteiger partial charge >= 0.3 is 0 Å². The van der Waals surface area contributed by atoms with Gasteiger partial charge < -0.3 is 10.0 Å². The van der Waals surface area contributed by atoms with Crippen molar-refractivity contribution in [1.82, 2.24) is 19.9 Å². The lowest BCUT2D eigenvalue weighted by Crippen LogP contribution is -2.29. The van der Waals surface area contributed by atoms with Gasteiger partial charge in [-0.1, -0.05) is 35.5 Å². The summed E-state index contributed by atoms with van der Waals surface area (Å²) in [4.78, 5) is 13.7. The van der Waals surface area contributed by atoms with Crippen LogP contribution in [0.15, 0.2) is 36.5 Å². The minimum Gasteiger partial charge on any atom is -0.387 e. The predicted molar refractivity (Wildman–Crippen MR) is 73.6 cm³/mol. The summed E-state index contributed by atoms with van der Waals surface area (Å²) in [5, 5.41) is 17.0. The van der Waals surface area contributed by atoms with Crippen molar-refractivity contribution in [3.63, 3.8) is 0 Å². The molecule has 1 aromatic carbocycles. The van der Waals surface area contributed by atoms with E-state index in [2.05, 4.69) is 10.3 Å². The van der Waals surface area contributed by atoms with Gasteiger partial charge in [0.2, 0.25) is 5.91 Å². The maximum absolute atomic E-state index is 12.1. The maximum Gasteiger partial charge on any atom is 0.244 e. The molecule has 0 spiro atoms. The molecule has 0 aliphatic rings. The summed E-state index contributed by atoms with van der Waals surface area (Å²) in [5.41, 5.74) is 1.54. The number of amides is 1. The topological polar surface area (TPSA) is 71.2 Å². The van der Waals surface area contributed by atoms with Crippen LogP contribution in [-0.2, 0) is 17.9 Å². The van der Waals surface area contributed by atoms with Gasteiger partial charge in [0.15, 0.2) is 0 Å². The number of carbonyl (C=O) groups excluding carboxylic acids is 1. The molecule has 2 aromatic rings. The molecule has 1 atom stereocenters. The summed E-state index contributed by atoms with van der Waals surface area (Å²) >= 11 is 0. The Morgan fingerprint density at radius 3 is 2.70 bits per heavy atom. The van der Waals surface area contributed by atoms with E-state index in [4.69, 9.17) is 0 Å². The Morgan fingerprint density at radius 2 is 2.10 bits per heavy atom. The molecule has 1 aromatic heterocycles. The van der Waals surface area contributed by atoms with Crippen LogP contribution in [0.25, 0.3) is 0 Å². The van der Waals surface area contributed by atoms with Gasteiger partial charge in [-0.25, -0.2) is 4.68 Å². The molecular weight excluding hydrogens is 256 g/mol. The lowest BCUT2D eigenvalue weighted by molar-refractivity contribution is -0.131. The average Bonchev–Trinajstić information content (AvgIpc) is 2.88. The van der Waals surface area contributed by atoms with Crippen molar-refractivity contribution < 1.29 is 9.90 Å². The Hall–Kier alpha value is -2.21. The molecule has 0 aliphatic carbocycles. The van der Waals surface area contributed by atoms with Gasteiger partial charge in [-0.2, -0.15) is 0 Å². The van der Waals surface area contributed by atoms with Crippen molar-refractivity contribution in [2.45, 2.75) is 26.1 Å². The SMILES string of the molecule is CC(O)c1cn(CC(=O)N(C)Cc2ccccc2)nn1. The van der Waals surface area contributed by atoms with Crippen LogP contribution in [0.3, 0.4) is 0 Å². The molecule has 0 saturated carbocycles. The Kier molecular flexibility index (Phi) is 4.47. The summed E-state index contributed by atoms with van der Waals surface area (Å²) in [5.74, 6) is -0.0594. The monoisotopic (exact) mass is 274 g/mol. The fourth-order valence-corrected chi connectivity index (χ4v) is 1.79. The van der Waals surface area contributed by atoms with Crippen LogP contribution in [-0.4, -0.2) is 38.0 Å². The molecule has 0 radical (unpaired) electrons. The Morgan fingerprint density at radius 1 is 1.40 bits per heavy atom. The Balaban J connectivity index is 1.93. The zero-order valence-corrected chi connectivity index (χ0v) is 11.6. The molecule has 6 nitrogen and oxygen atoms in total. The van der Waals surface area contributed by atoms with E-state index in [9.17, 15) is 9.90 Å². The summed E-state index contributed by atoms with van der Waals surface area (Å²) in [6, 6.07) is 9.79. The molecule has 0 fully saturated rings. The number of hydrogen-bond donors (Lipinski definition) is 1. The lowest BCUT2D eigenvalue weighted by atomic mass is 10.2. The number of rotatable bonds is 5. The van der Waals surface area contributed by atoms with Crippen LogP contribution in [0.1, 0.15) is 24.3 Å². The number of aliphatic hydroxyl groups excluding tert-OH is 1. The van der Waals surface area contributed by atoms with Gasteiger partial charge in [-0.3, -0.25) is 4.79 Å². The van der Waals surface area contributed by atoms with Gasteiger partial charge in [0.05, 0.1) is 12.3 Å². The van der Waals surface area contributed by atoms with Crippen LogP contribution in [0.2, 0.25) is 0 Å². The third-order valence-electron chi connectivity index (χ3n) is 2.97. The molecule has 1 N–H and O–H groups in total. The largest absolute Gasteiger partial charge is 0.387 e. The van der Waals surface area contributed by atoms with Crippen LogP contribution in [0, 0.1) is 0 Å². The maximum atomic E-state index is 12.1. The molecule has 1 heterocycles. The molecule has 1 amide bonds. The van der Waals surface area contributed by atoms with Crippen molar-refractivity contribution in [2.75, 3.05) is 7.05 Å². The molecule has 0 bridgehead atoms. The first-order chi connectivity index (χ1) is 9.56. The van der Waals surface area contributed by atoms with Gasteiger partial charge in [0.1, 0.15) is 12.2 Å². The highest BCUT2D eigenvalue weighted by Crippen LogP contribution is 2.07. The van der Waals surface area contributed by atoms with Crippen molar-refractivity contribution >= 4 is 5.91 Å². The molecule has 6 heteroatoms. The number of nitrogens with zero attached hydrogens (tertiary/aromatic N) is 4. The Bertz CT molecular complexity index is 566. The number of benzene rings is 1. The van der Waals surface area contributed by atoms with Crippen molar-refractivity contribution in [1.29, 1.82) is 0 Å². The van der Waals surface area contributed by atoms with Crippen LogP contribution >= 0.6 is 0 Å². The van der Waals surface area contributed by atoms with Crippen molar-refractivity contribution in [3.8, 4) is 0 Å². The Labute approximate surface area is 117 Å². The first kappa shape index (κ1) is 14.2. The predicted octanol–water partition coefficient (Wildman–Crippen LogP) is 0.990. The molecule has 20 heavy (non-hydrogen) atoms. The van der Waals surface area contributed by atoms with Gasteiger partial charge in [-0.15, -0.1) is 5.10 Å². The molecule has 1 unspecified atom stereocenters. The number of carbonyl (C=O) groups is 1. The van der Waals surface area contributed by atoms with E-state index in [0.29, 0.717) is 12.2 Å². The van der Waals surface area contributed by atoms with Crippen molar-refractivity contribution in [2.24, 2.45) is 0 Å².